The van der Waals surface area contributed by atoms with Crippen molar-refractivity contribution < 1.29 is 9.53 Å². The molecule has 0 spiro atoms. The van der Waals surface area contributed by atoms with Crippen LogP contribution in [-0.2, 0) is 9.53 Å². The second-order valence-electron chi connectivity index (χ2n) is 6.37. The van der Waals surface area contributed by atoms with Crippen molar-refractivity contribution in [3.8, 4) is 0 Å². The fourth-order valence-electron chi connectivity index (χ4n) is 3.00. The summed E-state index contributed by atoms with van der Waals surface area (Å²) in [5.74, 6) is 0.453. The van der Waals surface area contributed by atoms with Crippen LogP contribution in [0.15, 0.2) is 27.8 Å². The van der Waals surface area contributed by atoms with Crippen LogP contribution in [0.1, 0.15) is 18.9 Å². The molecule has 2 aliphatic heterocycles. The molecule has 7 nitrogen and oxygen atoms in total. The van der Waals surface area contributed by atoms with Gasteiger partial charge >= 0.3 is 5.97 Å². The molecule has 0 bridgehead atoms. The van der Waals surface area contributed by atoms with E-state index in [1.807, 2.05) is 12.3 Å². The summed E-state index contributed by atoms with van der Waals surface area (Å²) in [6, 6.07) is 0.496. The third kappa shape index (κ3) is 4.26. The van der Waals surface area contributed by atoms with Crippen LogP contribution in [0.25, 0.3) is 0 Å². The first-order valence-corrected chi connectivity index (χ1v) is 9.49. The van der Waals surface area contributed by atoms with Crippen LogP contribution in [-0.4, -0.2) is 79.0 Å². The quantitative estimate of drug-likeness (QED) is 0.786. The van der Waals surface area contributed by atoms with Gasteiger partial charge in [-0.05, 0) is 20.9 Å². The van der Waals surface area contributed by atoms with Gasteiger partial charge in [-0.1, -0.05) is 0 Å². The largest absolute Gasteiger partial charge is 0.463 e. The van der Waals surface area contributed by atoms with Gasteiger partial charge in [-0.2, -0.15) is 0 Å². The molecular formula is C17H25N5O2S. The second-order valence-corrected chi connectivity index (χ2v) is 7.26. The number of hydrogen-bond donors (Lipinski definition) is 1. The number of nitrogens with one attached hydrogen (secondary N) is 1. The number of aliphatic imine (C=N–C) groups is 1. The molecule has 0 unspecified atom stereocenters. The van der Waals surface area contributed by atoms with Crippen LogP contribution < -0.4 is 5.32 Å². The van der Waals surface area contributed by atoms with Gasteiger partial charge in [-0.15, -0.1) is 11.3 Å². The van der Waals surface area contributed by atoms with Crippen molar-refractivity contribution in [2.75, 3.05) is 46.4 Å². The fraction of sp³-hybridized carbons (Fsp3) is 0.588. The van der Waals surface area contributed by atoms with Crippen LogP contribution >= 0.6 is 11.3 Å². The van der Waals surface area contributed by atoms with E-state index in [4.69, 9.17) is 4.74 Å². The number of rotatable bonds is 5. The van der Waals surface area contributed by atoms with E-state index >= 15 is 0 Å². The second kappa shape index (κ2) is 8.07. The molecule has 0 saturated carbocycles. The zero-order valence-corrected chi connectivity index (χ0v) is 15.8. The lowest BCUT2D eigenvalue weighted by Crippen LogP contribution is -2.51. The molecule has 1 aromatic heterocycles. The van der Waals surface area contributed by atoms with E-state index < -0.39 is 0 Å². The molecule has 1 saturated heterocycles. The molecule has 0 aromatic carbocycles. The van der Waals surface area contributed by atoms with Gasteiger partial charge in [0.2, 0.25) is 0 Å². The minimum absolute atomic E-state index is 0.283. The smallest absolute Gasteiger partial charge is 0.337 e. The molecule has 3 rings (SSSR count). The fourth-order valence-corrected chi connectivity index (χ4v) is 3.60. The minimum atomic E-state index is -0.283. The molecule has 0 radical (unpaired) electrons. The Bertz CT molecular complexity index is 671. The van der Waals surface area contributed by atoms with Gasteiger partial charge in [0.1, 0.15) is 0 Å². The van der Waals surface area contributed by atoms with E-state index in [-0.39, 0.29) is 5.97 Å². The number of likely N-dealkylation sites (N-methyl/N-ethyl adjacent to an activating group) is 1. The van der Waals surface area contributed by atoms with Gasteiger partial charge in [-0.25, -0.2) is 9.78 Å². The summed E-state index contributed by atoms with van der Waals surface area (Å²) >= 11 is 1.53. The molecule has 0 amide bonds. The third-order valence-electron chi connectivity index (χ3n) is 4.61. The van der Waals surface area contributed by atoms with E-state index in [0.29, 0.717) is 31.3 Å². The van der Waals surface area contributed by atoms with Crippen molar-refractivity contribution in [2.45, 2.75) is 19.9 Å². The van der Waals surface area contributed by atoms with Crippen molar-refractivity contribution in [2.24, 2.45) is 4.99 Å². The summed E-state index contributed by atoms with van der Waals surface area (Å²) in [6.45, 7) is 8.41. The van der Waals surface area contributed by atoms with Crippen molar-refractivity contribution in [1.82, 2.24) is 20.1 Å². The van der Waals surface area contributed by atoms with Crippen LogP contribution in [0.2, 0.25) is 0 Å². The number of piperazine rings is 1. The predicted octanol–water partition coefficient (Wildman–Crippen LogP) is 0.946. The molecular weight excluding hydrogens is 338 g/mol. The van der Waals surface area contributed by atoms with Crippen LogP contribution in [0.5, 0.6) is 0 Å². The average molecular weight is 363 g/mol. The van der Waals surface area contributed by atoms with Crippen LogP contribution in [0.3, 0.4) is 0 Å². The number of carbonyl (C=O) groups excluding carboxylic acids is 1. The third-order valence-corrected chi connectivity index (χ3v) is 5.39. The van der Waals surface area contributed by atoms with Crippen molar-refractivity contribution in [1.29, 1.82) is 0 Å². The SMILES string of the molecule is CCOC(=O)C1=C(CN2CCN(C)[C@H](C)C2)NC(c2nccs2)=NC1. The Kier molecular flexibility index (Phi) is 5.82. The summed E-state index contributed by atoms with van der Waals surface area (Å²) in [4.78, 5) is 25.9. The summed E-state index contributed by atoms with van der Waals surface area (Å²) in [6.07, 6.45) is 1.76. The number of esters is 1. The van der Waals surface area contributed by atoms with E-state index in [1.54, 1.807) is 6.20 Å². The first-order valence-electron chi connectivity index (χ1n) is 8.61. The molecule has 0 aliphatic carbocycles. The Hall–Kier alpha value is -1.77. The lowest BCUT2D eigenvalue weighted by molar-refractivity contribution is -0.138. The monoisotopic (exact) mass is 363 g/mol. The van der Waals surface area contributed by atoms with E-state index in [1.165, 1.54) is 11.3 Å². The van der Waals surface area contributed by atoms with E-state index in [0.717, 1.165) is 36.2 Å². The summed E-state index contributed by atoms with van der Waals surface area (Å²) < 4.78 is 5.22. The van der Waals surface area contributed by atoms with Crippen molar-refractivity contribution in [3.05, 3.63) is 27.9 Å². The Morgan fingerprint density at radius 2 is 2.32 bits per heavy atom. The molecule has 25 heavy (non-hydrogen) atoms. The molecule has 8 heteroatoms. The van der Waals surface area contributed by atoms with Crippen molar-refractivity contribution in [3.63, 3.8) is 0 Å². The standard InChI is InChI=1S/C17H25N5O2S/c1-4-24-17(23)13-9-19-15(16-18-5-8-25-16)20-14(13)11-22-7-6-21(3)12(2)10-22/h5,8,12H,4,6-7,9-11H2,1-3H3,(H,19,20)/t12-/m1/s1. The Morgan fingerprint density at radius 3 is 3.00 bits per heavy atom. The first-order chi connectivity index (χ1) is 12.1. The maximum Gasteiger partial charge on any atom is 0.337 e. The molecule has 136 valence electrons. The molecule has 3 heterocycles. The van der Waals surface area contributed by atoms with Gasteiger partial charge < -0.3 is 15.0 Å². The van der Waals surface area contributed by atoms with Gasteiger partial charge in [0.05, 0.1) is 18.7 Å². The van der Waals surface area contributed by atoms with E-state index in [2.05, 4.69) is 39.1 Å². The van der Waals surface area contributed by atoms with Gasteiger partial charge in [0.15, 0.2) is 10.8 Å². The maximum atomic E-state index is 12.3. The number of ether oxygens (including phenoxy) is 1. The lowest BCUT2D eigenvalue weighted by Gasteiger charge is -2.38. The van der Waals surface area contributed by atoms with Gasteiger partial charge in [0, 0.05) is 49.5 Å². The number of amidine groups is 1. The Morgan fingerprint density at radius 1 is 1.48 bits per heavy atom. The Labute approximate surface area is 152 Å². The minimum Gasteiger partial charge on any atom is -0.463 e. The molecule has 1 fully saturated rings. The van der Waals surface area contributed by atoms with Crippen LogP contribution in [0, 0.1) is 0 Å². The Balaban J connectivity index is 1.77. The molecule has 1 aromatic rings. The van der Waals surface area contributed by atoms with Crippen molar-refractivity contribution >= 4 is 23.1 Å². The zero-order valence-electron chi connectivity index (χ0n) is 15.0. The van der Waals surface area contributed by atoms with Gasteiger partial charge in [0.25, 0.3) is 0 Å². The zero-order chi connectivity index (χ0) is 17.8. The molecule has 1 atom stereocenters. The molecule has 2 aliphatic rings. The highest BCUT2D eigenvalue weighted by atomic mass is 32.1. The molecule has 1 N–H and O–H groups in total. The van der Waals surface area contributed by atoms with Crippen LogP contribution in [0.4, 0.5) is 0 Å². The normalized spacial score (nSPS) is 22.5. The van der Waals surface area contributed by atoms with E-state index in [9.17, 15) is 4.79 Å². The predicted molar refractivity (Wildman–Crippen MR) is 98.8 cm³/mol. The highest BCUT2D eigenvalue weighted by Gasteiger charge is 2.27. The number of hydrogen-bond acceptors (Lipinski definition) is 8. The summed E-state index contributed by atoms with van der Waals surface area (Å²) in [7, 11) is 2.15. The number of nitrogens with zero attached hydrogens (tertiary/aromatic N) is 4. The first kappa shape index (κ1) is 18.0. The average Bonchev–Trinajstić information content (AvgIpc) is 3.13. The number of aromatic nitrogens is 1. The summed E-state index contributed by atoms with van der Waals surface area (Å²) in [5, 5.41) is 6.10. The summed E-state index contributed by atoms with van der Waals surface area (Å²) in [5.41, 5.74) is 1.50. The topological polar surface area (TPSA) is 70.1 Å². The maximum absolute atomic E-state index is 12.3. The lowest BCUT2D eigenvalue weighted by atomic mass is 10.1. The highest BCUT2D eigenvalue weighted by Crippen LogP contribution is 2.17. The van der Waals surface area contributed by atoms with Gasteiger partial charge in [-0.3, -0.25) is 9.89 Å². The highest BCUT2D eigenvalue weighted by molar-refractivity contribution is 7.11. The number of carbonyl (C=O) groups is 1. The number of thiazole rings is 1.